The highest BCUT2D eigenvalue weighted by Gasteiger charge is 2.14. The molecule has 0 aliphatic carbocycles. The Hall–Kier alpha value is -1.61. The lowest BCUT2D eigenvalue weighted by Gasteiger charge is -2.17. The first-order valence-electron chi connectivity index (χ1n) is 6.26. The van der Waals surface area contributed by atoms with Crippen molar-refractivity contribution in [3.63, 3.8) is 0 Å². The molecule has 0 N–H and O–H groups in total. The average molecular weight is 245 g/mol. The number of likely N-dealkylation sites (N-methyl/N-ethyl adjacent to an activating group) is 1. The highest BCUT2D eigenvalue weighted by atomic mass is 16.3. The Kier molecular flexibility index (Phi) is 3.82. The maximum atomic E-state index is 12.1. The van der Waals surface area contributed by atoms with Gasteiger partial charge in [-0.1, -0.05) is 32.0 Å². The van der Waals surface area contributed by atoms with Gasteiger partial charge in [0.15, 0.2) is 5.76 Å². The second-order valence-electron chi connectivity index (χ2n) is 5.16. The van der Waals surface area contributed by atoms with E-state index in [1.807, 2.05) is 42.3 Å². The summed E-state index contributed by atoms with van der Waals surface area (Å²) in [5.74, 6) is 1.04. The van der Waals surface area contributed by atoms with Crippen molar-refractivity contribution in [1.82, 2.24) is 4.90 Å². The number of fused-ring (bicyclic) bond motifs is 1. The molecular formula is C15H19NO2. The van der Waals surface area contributed by atoms with Crippen molar-refractivity contribution in [3.05, 3.63) is 36.1 Å². The Morgan fingerprint density at radius 3 is 2.72 bits per heavy atom. The van der Waals surface area contributed by atoms with Crippen LogP contribution in [0.15, 0.2) is 34.7 Å². The van der Waals surface area contributed by atoms with Gasteiger partial charge in [0.25, 0.3) is 0 Å². The van der Waals surface area contributed by atoms with Crippen molar-refractivity contribution in [3.8, 4) is 0 Å². The molecule has 0 aliphatic heterocycles. The summed E-state index contributed by atoms with van der Waals surface area (Å²) in [6, 6.07) is 9.50. The van der Waals surface area contributed by atoms with Gasteiger partial charge in [-0.15, -0.1) is 0 Å². The molecule has 3 heteroatoms. The summed E-state index contributed by atoms with van der Waals surface area (Å²) in [7, 11) is 1.96. The number of rotatable bonds is 5. The predicted molar refractivity (Wildman–Crippen MR) is 72.9 cm³/mol. The molecule has 0 amide bonds. The van der Waals surface area contributed by atoms with Gasteiger partial charge in [0.1, 0.15) is 5.58 Å². The van der Waals surface area contributed by atoms with Crippen molar-refractivity contribution in [2.24, 2.45) is 5.92 Å². The molecule has 0 spiro atoms. The van der Waals surface area contributed by atoms with Gasteiger partial charge in [-0.05, 0) is 25.1 Å². The first-order valence-corrected chi connectivity index (χ1v) is 6.26. The summed E-state index contributed by atoms with van der Waals surface area (Å²) in [5.41, 5.74) is 0.771. The van der Waals surface area contributed by atoms with Crippen LogP contribution in [0, 0.1) is 5.92 Å². The lowest BCUT2D eigenvalue weighted by Crippen LogP contribution is -2.29. The minimum absolute atomic E-state index is 0.0364. The van der Waals surface area contributed by atoms with Gasteiger partial charge in [0, 0.05) is 11.9 Å². The Morgan fingerprint density at radius 2 is 2.06 bits per heavy atom. The fourth-order valence-corrected chi connectivity index (χ4v) is 2.13. The molecule has 1 heterocycles. The normalized spacial score (nSPS) is 11.6. The zero-order chi connectivity index (χ0) is 13.1. The van der Waals surface area contributed by atoms with Gasteiger partial charge in [-0.3, -0.25) is 9.69 Å². The second-order valence-corrected chi connectivity index (χ2v) is 5.16. The van der Waals surface area contributed by atoms with E-state index in [1.165, 1.54) is 0 Å². The largest absolute Gasteiger partial charge is 0.453 e. The number of ketones is 1. The van der Waals surface area contributed by atoms with Gasteiger partial charge in [-0.2, -0.15) is 0 Å². The van der Waals surface area contributed by atoms with Crippen LogP contribution < -0.4 is 0 Å². The van der Waals surface area contributed by atoms with Crippen LogP contribution in [0.5, 0.6) is 0 Å². The first kappa shape index (κ1) is 12.8. The number of furan rings is 1. The number of benzene rings is 1. The molecule has 2 rings (SSSR count). The van der Waals surface area contributed by atoms with Gasteiger partial charge >= 0.3 is 0 Å². The van der Waals surface area contributed by atoms with E-state index in [9.17, 15) is 4.79 Å². The zero-order valence-corrected chi connectivity index (χ0v) is 11.1. The van der Waals surface area contributed by atoms with Crippen LogP contribution in [-0.2, 0) is 0 Å². The minimum Gasteiger partial charge on any atom is -0.453 e. The van der Waals surface area contributed by atoms with Gasteiger partial charge < -0.3 is 4.42 Å². The lowest BCUT2D eigenvalue weighted by molar-refractivity contribution is 0.0915. The molecule has 0 aliphatic rings. The van der Waals surface area contributed by atoms with Crippen molar-refractivity contribution >= 4 is 16.8 Å². The molecule has 18 heavy (non-hydrogen) atoms. The number of carbonyl (C=O) groups excluding carboxylic acids is 1. The van der Waals surface area contributed by atoms with Crippen LogP contribution >= 0.6 is 0 Å². The molecular weight excluding hydrogens is 226 g/mol. The molecule has 0 saturated heterocycles. The monoisotopic (exact) mass is 245 g/mol. The summed E-state index contributed by atoms with van der Waals surface area (Å²) in [5, 5.41) is 0.979. The van der Waals surface area contributed by atoms with E-state index >= 15 is 0 Å². The van der Waals surface area contributed by atoms with Crippen molar-refractivity contribution in [1.29, 1.82) is 0 Å². The van der Waals surface area contributed by atoms with E-state index in [1.54, 1.807) is 0 Å². The number of para-hydroxylation sites is 1. The fraction of sp³-hybridized carbons (Fsp3) is 0.400. The molecule has 0 unspecified atom stereocenters. The van der Waals surface area contributed by atoms with Crippen molar-refractivity contribution in [2.75, 3.05) is 20.1 Å². The van der Waals surface area contributed by atoms with Crippen molar-refractivity contribution < 1.29 is 9.21 Å². The maximum absolute atomic E-state index is 12.1. The van der Waals surface area contributed by atoms with Crippen LogP contribution in [0.4, 0.5) is 0 Å². The fourth-order valence-electron chi connectivity index (χ4n) is 2.13. The van der Waals surface area contributed by atoms with Gasteiger partial charge in [-0.25, -0.2) is 0 Å². The number of hydrogen-bond acceptors (Lipinski definition) is 3. The Balaban J connectivity index is 2.09. The number of hydrogen-bond donors (Lipinski definition) is 0. The molecule has 1 aromatic heterocycles. The third kappa shape index (κ3) is 2.99. The third-order valence-electron chi connectivity index (χ3n) is 2.79. The first-order chi connectivity index (χ1) is 8.56. The molecule has 0 atom stereocenters. The van der Waals surface area contributed by atoms with E-state index in [4.69, 9.17) is 4.42 Å². The number of carbonyl (C=O) groups is 1. The van der Waals surface area contributed by atoms with E-state index in [0.29, 0.717) is 18.2 Å². The highest BCUT2D eigenvalue weighted by Crippen LogP contribution is 2.19. The lowest BCUT2D eigenvalue weighted by atomic mass is 10.2. The zero-order valence-electron chi connectivity index (χ0n) is 11.1. The topological polar surface area (TPSA) is 33.5 Å². The van der Waals surface area contributed by atoms with Crippen LogP contribution in [0.3, 0.4) is 0 Å². The van der Waals surface area contributed by atoms with Crippen LogP contribution in [-0.4, -0.2) is 30.8 Å². The number of nitrogens with zero attached hydrogens (tertiary/aromatic N) is 1. The van der Waals surface area contributed by atoms with E-state index in [-0.39, 0.29) is 5.78 Å². The molecule has 0 fully saturated rings. The summed E-state index contributed by atoms with van der Waals surface area (Å²) in [6.07, 6.45) is 0. The second kappa shape index (κ2) is 5.36. The van der Waals surface area contributed by atoms with Crippen LogP contribution in [0.1, 0.15) is 24.4 Å². The SMILES string of the molecule is CC(C)CN(C)CC(=O)c1cc2ccccc2o1. The van der Waals surface area contributed by atoms with Crippen molar-refractivity contribution in [2.45, 2.75) is 13.8 Å². The maximum Gasteiger partial charge on any atom is 0.211 e. The Bertz CT molecular complexity index is 509. The molecule has 96 valence electrons. The number of Topliss-reactive ketones (excluding diaryl/α,β-unsaturated/α-hetero) is 1. The minimum atomic E-state index is 0.0364. The smallest absolute Gasteiger partial charge is 0.211 e. The molecule has 2 aromatic rings. The van der Waals surface area contributed by atoms with Crippen LogP contribution in [0.25, 0.3) is 11.0 Å². The molecule has 0 bridgehead atoms. The van der Waals surface area contributed by atoms with Crippen LogP contribution in [0.2, 0.25) is 0 Å². The highest BCUT2D eigenvalue weighted by molar-refractivity contribution is 5.98. The summed E-state index contributed by atoms with van der Waals surface area (Å²) in [6.45, 7) is 5.59. The average Bonchev–Trinajstić information content (AvgIpc) is 2.71. The van der Waals surface area contributed by atoms with E-state index < -0.39 is 0 Å². The molecule has 1 aromatic carbocycles. The molecule has 0 radical (unpaired) electrons. The molecule has 3 nitrogen and oxygen atoms in total. The molecule has 0 saturated carbocycles. The van der Waals surface area contributed by atoms with E-state index in [0.717, 1.165) is 17.5 Å². The summed E-state index contributed by atoms with van der Waals surface area (Å²) in [4.78, 5) is 14.1. The van der Waals surface area contributed by atoms with Gasteiger partial charge in [0.2, 0.25) is 5.78 Å². The summed E-state index contributed by atoms with van der Waals surface area (Å²) >= 11 is 0. The third-order valence-corrected chi connectivity index (χ3v) is 2.79. The Labute approximate surface area is 107 Å². The quantitative estimate of drug-likeness (QED) is 0.758. The summed E-state index contributed by atoms with van der Waals surface area (Å²) < 4.78 is 5.56. The van der Waals surface area contributed by atoms with E-state index in [2.05, 4.69) is 13.8 Å². The predicted octanol–water partition coefficient (Wildman–Crippen LogP) is 3.20. The van der Waals surface area contributed by atoms with Gasteiger partial charge in [0.05, 0.1) is 6.54 Å². The Morgan fingerprint density at radius 1 is 1.33 bits per heavy atom. The standard InChI is InChI=1S/C15H19NO2/c1-11(2)9-16(3)10-13(17)15-8-12-6-4-5-7-14(12)18-15/h4-8,11H,9-10H2,1-3H3.